The van der Waals surface area contributed by atoms with Crippen molar-refractivity contribution in [2.24, 2.45) is 5.92 Å². The summed E-state index contributed by atoms with van der Waals surface area (Å²) in [7, 11) is 0. The first kappa shape index (κ1) is 14.1. The van der Waals surface area contributed by atoms with Gasteiger partial charge in [-0.25, -0.2) is 0 Å². The molecule has 0 spiro atoms. The number of hydrogen-bond donors (Lipinski definition) is 1. The molecule has 0 radical (unpaired) electrons. The minimum atomic E-state index is 0.431. The largest absolute Gasteiger partial charge is 0.380 e. The van der Waals surface area contributed by atoms with E-state index in [9.17, 15) is 0 Å². The third-order valence-corrected chi connectivity index (χ3v) is 3.38. The number of rotatable bonds is 7. The van der Waals surface area contributed by atoms with Crippen molar-refractivity contribution in [3.8, 4) is 0 Å². The molecule has 0 saturated carbocycles. The van der Waals surface area contributed by atoms with Gasteiger partial charge in [0.1, 0.15) is 0 Å². The fourth-order valence-electron chi connectivity index (χ4n) is 1.91. The van der Waals surface area contributed by atoms with Gasteiger partial charge in [-0.15, -0.1) is 0 Å². The Labute approximate surface area is 106 Å². The number of aromatic nitrogens is 2. The highest BCUT2D eigenvalue weighted by Gasteiger charge is 2.11. The molecule has 0 aliphatic rings. The predicted molar refractivity (Wildman–Crippen MR) is 74.4 cm³/mol. The number of nitrogens with one attached hydrogen (secondary N) is 1. The molecular formula is C14H27N3. The van der Waals surface area contributed by atoms with E-state index in [1.165, 1.54) is 12.8 Å². The third-order valence-electron chi connectivity index (χ3n) is 3.38. The summed E-state index contributed by atoms with van der Waals surface area (Å²) in [5.74, 6) is 0.785. The van der Waals surface area contributed by atoms with Gasteiger partial charge < -0.3 is 5.32 Å². The van der Waals surface area contributed by atoms with Crippen LogP contribution in [0.1, 0.15) is 59.9 Å². The van der Waals surface area contributed by atoms with Gasteiger partial charge in [-0.1, -0.05) is 27.2 Å². The van der Waals surface area contributed by atoms with Crippen molar-refractivity contribution in [3.63, 3.8) is 0 Å². The Bertz CT molecular complexity index is 317. The van der Waals surface area contributed by atoms with E-state index >= 15 is 0 Å². The molecule has 0 fully saturated rings. The van der Waals surface area contributed by atoms with Gasteiger partial charge in [-0.3, -0.25) is 4.68 Å². The molecule has 1 aromatic rings. The second-order valence-electron chi connectivity index (χ2n) is 5.30. The van der Waals surface area contributed by atoms with Crippen molar-refractivity contribution in [3.05, 3.63) is 12.4 Å². The molecule has 0 bridgehead atoms. The molecule has 1 aromatic heterocycles. The Hall–Kier alpha value is -0.990. The first-order chi connectivity index (χ1) is 8.06. The second-order valence-corrected chi connectivity index (χ2v) is 5.30. The quantitative estimate of drug-likeness (QED) is 0.774. The maximum absolute atomic E-state index is 4.36. The number of nitrogens with zero attached hydrogens (tertiary/aromatic N) is 2. The van der Waals surface area contributed by atoms with Crippen LogP contribution >= 0.6 is 0 Å². The summed E-state index contributed by atoms with van der Waals surface area (Å²) in [5.41, 5.74) is 1.15. The van der Waals surface area contributed by atoms with Gasteiger partial charge in [0.05, 0.1) is 11.9 Å². The van der Waals surface area contributed by atoms with Crippen LogP contribution in [0.2, 0.25) is 0 Å². The van der Waals surface area contributed by atoms with Crippen LogP contribution in [-0.2, 0) is 0 Å². The summed E-state index contributed by atoms with van der Waals surface area (Å²) in [4.78, 5) is 0. The van der Waals surface area contributed by atoms with Crippen molar-refractivity contribution >= 4 is 5.69 Å². The van der Waals surface area contributed by atoms with Gasteiger partial charge in [0.2, 0.25) is 0 Å². The van der Waals surface area contributed by atoms with E-state index in [1.54, 1.807) is 0 Å². The van der Waals surface area contributed by atoms with E-state index in [1.807, 2.05) is 10.9 Å². The first-order valence-electron chi connectivity index (χ1n) is 6.87. The molecule has 0 amide bonds. The van der Waals surface area contributed by atoms with E-state index < -0.39 is 0 Å². The van der Waals surface area contributed by atoms with Gasteiger partial charge in [0.25, 0.3) is 0 Å². The van der Waals surface area contributed by atoms with Crippen LogP contribution in [0.4, 0.5) is 5.69 Å². The summed E-state index contributed by atoms with van der Waals surface area (Å²) in [6, 6.07) is 0.995. The molecule has 3 nitrogen and oxygen atoms in total. The van der Waals surface area contributed by atoms with Crippen LogP contribution in [0, 0.1) is 5.92 Å². The Morgan fingerprint density at radius 2 is 1.94 bits per heavy atom. The smallest absolute Gasteiger partial charge is 0.0728 e. The lowest BCUT2D eigenvalue weighted by Crippen LogP contribution is -2.20. The molecule has 2 atom stereocenters. The normalized spacial score (nSPS) is 14.9. The molecule has 98 valence electrons. The lowest BCUT2D eigenvalue weighted by Gasteiger charge is -2.20. The van der Waals surface area contributed by atoms with Crippen LogP contribution in [0.3, 0.4) is 0 Å². The molecular weight excluding hydrogens is 210 g/mol. The second kappa shape index (κ2) is 6.67. The zero-order valence-corrected chi connectivity index (χ0v) is 11.9. The number of anilines is 1. The Balaban J connectivity index is 2.54. The fraction of sp³-hybridized carbons (Fsp3) is 0.786. The van der Waals surface area contributed by atoms with Crippen LogP contribution < -0.4 is 5.32 Å². The predicted octanol–water partition coefficient (Wildman–Crippen LogP) is 4.09. The summed E-state index contributed by atoms with van der Waals surface area (Å²) in [6.07, 6.45) is 7.68. The highest BCUT2D eigenvalue weighted by molar-refractivity contribution is 5.39. The lowest BCUT2D eigenvalue weighted by molar-refractivity contribution is 0.461. The molecule has 0 aromatic carbocycles. The zero-order chi connectivity index (χ0) is 12.8. The van der Waals surface area contributed by atoms with Crippen LogP contribution in [0.15, 0.2) is 12.4 Å². The van der Waals surface area contributed by atoms with Crippen LogP contribution in [0.5, 0.6) is 0 Å². The minimum absolute atomic E-state index is 0.431. The topological polar surface area (TPSA) is 29.9 Å². The van der Waals surface area contributed by atoms with Gasteiger partial charge in [0, 0.05) is 18.3 Å². The summed E-state index contributed by atoms with van der Waals surface area (Å²) >= 11 is 0. The average molecular weight is 237 g/mol. The van der Waals surface area contributed by atoms with Crippen molar-refractivity contribution in [1.82, 2.24) is 9.78 Å². The van der Waals surface area contributed by atoms with Crippen molar-refractivity contribution in [2.45, 2.75) is 66.0 Å². The highest BCUT2D eigenvalue weighted by Crippen LogP contribution is 2.17. The molecule has 1 N–H and O–H groups in total. The molecule has 0 saturated heterocycles. The summed E-state index contributed by atoms with van der Waals surface area (Å²) in [6.45, 7) is 11.1. The van der Waals surface area contributed by atoms with Gasteiger partial charge >= 0.3 is 0 Å². The SMILES string of the molecule is CCC(C)CC(CC)Nc1cnn(C(C)C)c1. The fourth-order valence-corrected chi connectivity index (χ4v) is 1.91. The standard InChI is InChI=1S/C14H27N3/c1-6-12(5)8-13(7-2)16-14-9-15-17(10-14)11(3)4/h9-13,16H,6-8H2,1-5H3. The van der Waals surface area contributed by atoms with E-state index in [2.05, 4.69) is 51.2 Å². The molecule has 1 heterocycles. The summed E-state index contributed by atoms with van der Waals surface area (Å²) in [5, 5.41) is 7.94. The minimum Gasteiger partial charge on any atom is -0.380 e. The maximum atomic E-state index is 4.36. The molecule has 17 heavy (non-hydrogen) atoms. The molecule has 1 rings (SSSR count). The zero-order valence-electron chi connectivity index (χ0n) is 11.9. The first-order valence-corrected chi connectivity index (χ1v) is 6.87. The number of hydrogen-bond acceptors (Lipinski definition) is 2. The van der Waals surface area contributed by atoms with Crippen LogP contribution in [-0.4, -0.2) is 15.8 Å². The Kier molecular flexibility index (Phi) is 5.52. The van der Waals surface area contributed by atoms with Crippen molar-refractivity contribution in [2.75, 3.05) is 5.32 Å². The maximum Gasteiger partial charge on any atom is 0.0728 e. The Morgan fingerprint density at radius 1 is 1.24 bits per heavy atom. The lowest BCUT2D eigenvalue weighted by atomic mass is 9.98. The summed E-state index contributed by atoms with van der Waals surface area (Å²) < 4.78 is 2.00. The average Bonchev–Trinajstić information content (AvgIpc) is 2.76. The Morgan fingerprint density at radius 3 is 2.41 bits per heavy atom. The third kappa shape index (κ3) is 4.41. The van der Waals surface area contributed by atoms with Gasteiger partial charge in [-0.05, 0) is 32.6 Å². The monoisotopic (exact) mass is 237 g/mol. The van der Waals surface area contributed by atoms with E-state index in [0.717, 1.165) is 18.0 Å². The van der Waals surface area contributed by atoms with E-state index in [0.29, 0.717) is 12.1 Å². The molecule has 3 heteroatoms. The molecule has 0 aliphatic carbocycles. The van der Waals surface area contributed by atoms with E-state index in [-0.39, 0.29) is 0 Å². The highest BCUT2D eigenvalue weighted by atomic mass is 15.3. The van der Waals surface area contributed by atoms with E-state index in [4.69, 9.17) is 0 Å². The molecule has 2 unspecified atom stereocenters. The van der Waals surface area contributed by atoms with Gasteiger partial charge in [-0.2, -0.15) is 5.10 Å². The van der Waals surface area contributed by atoms with Gasteiger partial charge in [0.15, 0.2) is 0 Å². The van der Waals surface area contributed by atoms with Crippen molar-refractivity contribution < 1.29 is 0 Å². The molecule has 0 aliphatic heterocycles. The van der Waals surface area contributed by atoms with Crippen molar-refractivity contribution in [1.29, 1.82) is 0 Å². The van der Waals surface area contributed by atoms with Crippen LogP contribution in [0.25, 0.3) is 0 Å².